The number of nitrogens with zero attached hydrogens (tertiary/aromatic N) is 1. The van der Waals surface area contributed by atoms with Crippen LogP contribution in [-0.2, 0) is 0 Å². The zero-order chi connectivity index (χ0) is 10.3. The minimum absolute atomic E-state index is 0.554. The van der Waals surface area contributed by atoms with Crippen molar-refractivity contribution in [3.05, 3.63) is 11.9 Å². The van der Waals surface area contributed by atoms with Crippen LogP contribution in [0.5, 0.6) is 0 Å². The Kier molecular flexibility index (Phi) is 6.29. The van der Waals surface area contributed by atoms with Crippen LogP contribution in [0.1, 0.15) is 34.1 Å². The number of nitrogens with one attached hydrogen (secondary N) is 1. The van der Waals surface area contributed by atoms with Gasteiger partial charge in [-0.15, -0.1) is 0 Å². The molecule has 0 saturated heterocycles. The fourth-order valence-corrected chi connectivity index (χ4v) is 1.22. The summed E-state index contributed by atoms with van der Waals surface area (Å²) in [7, 11) is 1.95. The second-order valence-electron chi connectivity index (χ2n) is 3.42. The van der Waals surface area contributed by atoms with Crippen LogP contribution in [0.15, 0.2) is 16.9 Å². The van der Waals surface area contributed by atoms with Gasteiger partial charge in [-0.05, 0) is 18.8 Å². The Morgan fingerprint density at radius 3 is 2.46 bits per heavy atom. The van der Waals surface area contributed by atoms with Crippen molar-refractivity contribution in [2.45, 2.75) is 34.1 Å². The molecule has 0 rings (SSSR count). The standard InChI is InChI=1S/C11H22N2/c1-6-9(3)10(4)11(12-5)8-13-7-2/h7-10,12H,6H2,1-5H3/b11-8-,13-7-. The normalized spacial score (nSPS) is 17.5. The van der Waals surface area contributed by atoms with E-state index in [9.17, 15) is 0 Å². The molecule has 0 aromatic heterocycles. The van der Waals surface area contributed by atoms with Crippen LogP contribution >= 0.6 is 0 Å². The first kappa shape index (κ1) is 12.2. The van der Waals surface area contributed by atoms with Crippen LogP contribution in [0.4, 0.5) is 0 Å². The highest BCUT2D eigenvalue weighted by molar-refractivity contribution is 5.54. The summed E-state index contributed by atoms with van der Waals surface area (Å²) in [6.07, 6.45) is 4.92. The van der Waals surface area contributed by atoms with Gasteiger partial charge in [0.25, 0.3) is 0 Å². The van der Waals surface area contributed by atoms with E-state index in [4.69, 9.17) is 0 Å². The summed E-state index contributed by atoms with van der Waals surface area (Å²) in [6, 6.07) is 0. The maximum Gasteiger partial charge on any atom is 0.0456 e. The molecule has 2 unspecified atom stereocenters. The average molecular weight is 182 g/mol. The molecule has 0 aromatic rings. The number of allylic oxidation sites excluding steroid dienone is 1. The Bertz CT molecular complexity index is 183. The first-order valence-electron chi connectivity index (χ1n) is 5.02. The van der Waals surface area contributed by atoms with Gasteiger partial charge in [0.15, 0.2) is 0 Å². The third kappa shape index (κ3) is 4.11. The molecule has 0 aliphatic carbocycles. The predicted octanol–water partition coefficient (Wildman–Crippen LogP) is 2.82. The summed E-state index contributed by atoms with van der Waals surface area (Å²) in [5, 5.41) is 3.20. The second-order valence-corrected chi connectivity index (χ2v) is 3.42. The van der Waals surface area contributed by atoms with Gasteiger partial charge >= 0.3 is 0 Å². The van der Waals surface area contributed by atoms with Crippen LogP contribution in [0.3, 0.4) is 0 Å². The lowest BCUT2D eigenvalue weighted by molar-refractivity contribution is 0.412. The van der Waals surface area contributed by atoms with Crippen LogP contribution in [0.2, 0.25) is 0 Å². The Morgan fingerprint density at radius 2 is 2.08 bits per heavy atom. The molecule has 2 atom stereocenters. The zero-order valence-corrected chi connectivity index (χ0v) is 9.46. The molecule has 0 radical (unpaired) electrons. The number of rotatable bonds is 5. The van der Waals surface area contributed by atoms with Crippen molar-refractivity contribution in [2.24, 2.45) is 16.8 Å². The van der Waals surface area contributed by atoms with Crippen LogP contribution in [-0.4, -0.2) is 13.3 Å². The summed E-state index contributed by atoms with van der Waals surface area (Å²) in [5.41, 5.74) is 1.22. The quantitative estimate of drug-likeness (QED) is 0.650. The monoisotopic (exact) mass is 182 g/mol. The van der Waals surface area contributed by atoms with E-state index in [2.05, 4.69) is 31.1 Å². The van der Waals surface area contributed by atoms with Crippen molar-refractivity contribution >= 4 is 6.21 Å². The van der Waals surface area contributed by atoms with Crippen molar-refractivity contribution in [1.29, 1.82) is 0 Å². The van der Waals surface area contributed by atoms with Crippen molar-refractivity contribution < 1.29 is 0 Å². The van der Waals surface area contributed by atoms with Crippen molar-refractivity contribution in [3.8, 4) is 0 Å². The van der Waals surface area contributed by atoms with E-state index in [-0.39, 0.29) is 0 Å². The van der Waals surface area contributed by atoms with Gasteiger partial charge in [-0.3, -0.25) is 4.99 Å². The molecule has 0 saturated carbocycles. The summed E-state index contributed by atoms with van der Waals surface area (Å²) < 4.78 is 0. The molecule has 76 valence electrons. The van der Waals surface area contributed by atoms with E-state index >= 15 is 0 Å². The molecule has 0 spiro atoms. The van der Waals surface area contributed by atoms with E-state index < -0.39 is 0 Å². The molecule has 0 aromatic carbocycles. The van der Waals surface area contributed by atoms with Crippen molar-refractivity contribution in [1.82, 2.24) is 5.32 Å². The van der Waals surface area contributed by atoms with E-state index in [0.717, 1.165) is 0 Å². The summed E-state index contributed by atoms with van der Waals surface area (Å²) in [5.74, 6) is 1.25. The third-order valence-corrected chi connectivity index (χ3v) is 2.64. The van der Waals surface area contributed by atoms with Gasteiger partial charge in [-0.2, -0.15) is 0 Å². The SMILES string of the molecule is C/C=N\C=C(/NC)C(C)C(C)CC. The van der Waals surface area contributed by atoms with E-state index in [1.54, 1.807) is 6.21 Å². The zero-order valence-electron chi connectivity index (χ0n) is 9.46. The van der Waals surface area contributed by atoms with Crippen LogP contribution < -0.4 is 5.32 Å². The maximum atomic E-state index is 4.13. The molecule has 0 aliphatic heterocycles. The Balaban J connectivity index is 4.38. The predicted molar refractivity (Wildman–Crippen MR) is 59.9 cm³/mol. The van der Waals surface area contributed by atoms with Crippen molar-refractivity contribution in [3.63, 3.8) is 0 Å². The molecular weight excluding hydrogens is 160 g/mol. The number of hydrogen-bond donors (Lipinski definition) is 1. The van der Waals surface area contributed by atoms with E-state index in [1.165, 1.54) is 12.1 Å². The maximum absolute atomic E-state index is 4.13. The third-order valence-electron chi connectivity index (χ3n) is 2.64. The van der Waals surface area contributed by atoms with Gasteiger partial charge in [-0.25, -0.2) is 0 Å². The molecule has 0 amide bonds. The molecule has 2 heteroatoms. The molecule has 0 fully saturated rings. The highest BCUT2D eigenvalue weighted by Crippen LogP contribution is 2.20. The molecule has 2 nitrogen and oxygen atoms in total. The second kappa shape index (κ2) is 6.70. The smallest absolute Gasteiger partial charge is 0.0456 e. The van der Waals surface area contributed by atoms with Gasteiger partial charge < -0.3 is 5.32 Å². The van der Waals surface area contributed by atoms with Crippen molar-refractivity contribution in [2.75, 3.05) is 7.05 Å². The number of hydrogen-bond acceptors (Lipinski definition) is 2. The Hall–Kier alpha value is -0.790. The van der Waals surface area contributed by atoms with Gasteiger partial charge in [0.1, 0.15) is 0 Å². The molecule has 1 N–H and O–H groups in total. The van der Waals surface area contributed by atoms with Gasteiger partial charge in [0.05, 0.1) is 0 Å². The molecule has 0 aliphatic rings. The molecule has 13 heavy (non-hydrogen) atoms. The Labute approximate surface area is 82.1 Å². The van der Waals surface area contributed by atoms with Gasteiger partial charge in [-0.1, -0.05) is 27.2 Å². The molecular formula is C11H22N2. The average Bonchev–Trinajstić information content (AvgIpc) is 2.17. The number of aliphatic imine (C=N–C) groups is 1. The summed E-state index contributed by atoms with van der Waals surface area (Å²) >= 11 is 0. The Morgan fingerprint density at radius 1 is 1.46 bits per heavy atom. The first-order chi connectivity index (χ1) is 6.17. The highest BCUT2D eigenvalue weighted by atomic mass is 14.9. The van der Waals surface area contributed by atoms with Gasteiger partial charge in [0, 0.05) is 25.2 Å². The fraction of sp³-hybridized carbons (Fsp3) is 0.727. The van der Waals surface area contributed by atoms with Crippen LogP contribution in [0, 0.1) is 11.8 Å². The first-order valence-corrected chi connectivity index (χ1v) is 5.02. The van der Waals surface area contributed by atoms with Gasteiger partial charge in [0.2, 0.25) is 0 Å². The lowest BCUT2D eigenvalue weighted by atomic mass is 9.91. The summed E-state index contributed by atoms with van der Waals surface area (Å²) in [4.78, 5) is 4.13. The fourth-order valence-electron chi connectivity index (χ4n) is 1.22. The molecule has 0 bridgehead atoms. The highest BCUT2D eigenvalue weighted by Gasteiger charge is 2.13. The summed E-state index contributed by atoms with van der Waals surface area (Å²) in [6.45, 7) is 8.66. The lowest BCUT2D eigenvalue weighted by Gasteiger charge is -2.20. The largest absolute Gasteiger partial charge is 0.390 e. The van der Waals surface area contributed by atoms with E-state index in [1.807, 2.05) is 20.2 Å². The van der Waals surface area contributed by atoms with E-state index in [0.29, 0.717) is 11.8 Å². The molecule has 0 heterocycles. The topological polar surface area (TPSA) is 24.4 Å². The minimum atomic E-state index is 0.554. The minimum Gasteiger partial charge on any atom is -0.390 e. The van der Waals surface area contributed by atoms with Crippen LogP contribution in [0.25, 0.3) is 0 Å². The lowest BCUT2D eigenvalue weighted by Crippen LogP contribution is -2.19.